The Morgan fingerprint density at radius 3 is 2.56 bits per heavy atom. The van der Waals surface area contributed by atoms with Gasteiger partial charge in [-0.2, -0.15) is 0 Å². The summed E-state index contributed by atoms with van der Waals surface area (Å²) in [6.45, 7) is 1.86. The molecule has 0 radical (unpaired) electrons. The van der Waals surface area contributed by atoms with E-state index in [1.54, 1.807) is 6.92 Å². The Balaban J connectivity index is 2.71. The Morgan fingerprint density at radius 1 is 1.33 bits per heavy atom. The minimum absolute atomic E-state index is 0.148. The van der Waals surface area contributed by atoms with E-state index in [1.807, 2.05) is 30.3 Å². The summed E-state index contributed by atoms with van der Waals surface area (Å²) in [5.41, 5.74) is 6.18. The van der Waals surface area contributed by atoms with Crippen molar-refractivity contribution >= 4 is 11.9 Å². The molecular formula is C13H18N2O3. The summed E-state index contributed by atoms with van der Waals surface area (Å²) in [4.78, 5) is 23.0. The number of ether oxygens (including phenoxy) is 1. The third-order valence-corrected chi connectivity index (χ3v) is 2.37. The van der Waals surface area contributed by atoms with Crippen LogP contribution in [0.15, 0.2) is 30.3 Å². The Labute approximate surface area is 106 Å². The molecule has 5 heteroatoms. The standard InChI is InChI=1S/C13H18N2O3/c1-2-18-13(17)11(15-12(16)9-14)8-10-6-4-3-5-7-10/h3-7,11H,2,8-9,14H2,1H3,(H,15,16)/t11-/m0/s1. The van der Waals surface area contributed by atoms with E-state index >= 15 is 0 Å². The van der Waals surface area contributed by atoms with Crippen LogP contribution in [0.1, 0.15) is 12.5 Å². The molecule has 0 saturated carbocycles. The number of esters is 1. The van der Waals surface area contributed by atoms with E-state index in [0.717, 1.165) is 5.56 Å². The van der Waals surface area contributed by atoms with E-state index in [0.29, 0.717) is 6.42 Å². The summed E-state index contributed by atoms with van der Waals surface area (Å²) in [7, 11) is 0. The van der Waals surface area contributed by atoms with Gasteiger partial charge in [0, 0.05) is 6.42 Å². The van der Waals surface area contributed by atoms with E-state index in [1.165, 1.54) is 0 Å². The maximum atomic E-state index is 11.7. The van der Waals surface area contributed by atoms with Crippen molar-refractivity contribution in [2.75, 3.05) is 13.2 Å². The average Bonchev–Trinajstić information content (AvgIpc) is 2.39. The molecule has 0 aliphatic rings. The van der Waals surface area contributed by atoms with E-state index in [4.69, 9.17) is 10.5 Å². The predicted octanol–water partition coefficient (Wildman–Crippen LogP) is 0.236. The quantitative estimate of drug-likeness (QED) is 0.708. The summed E-state index contributed by atoms with van der Waals surface area (Å²) in [5, 5.41) is 2.56. The molecule has 0 fully saturated rings. The normalized spacial score (nSPS) is 11.7. The van der Waals surface area contributed by atoms with E-state index in [-0.39, 0.29) is 19.1 Å². The van der Waals surface area contributed by atoms with Gasteiger partial charge in [-0.3, -0.25) is 4.79 Å². The molecule has 1 rings (SSSR count). The first kappa shape index (κ1) is 14.2. The number of amides is 1. The minimum Gasteiger partial charge on any atom is -0.464 e. The SMILES string of the molecule is CCOC(=O)[C@H](Cc1ccccc1)NC(=O)CN. The van der Waals surface area contributed by atoms with Crippen molar-refractivity contribution in [3.8, 4) is 0 Å². The lowest BCUT2D eigenvalue weighted by Crippen LogP contribution is -2.45. The van der Waals surface area contributed by atoms with Crippen LogP contribution in [0, 0.1) is 0 Å². The average molecular weight is 250 g/mol. The van der Waals surface area contributed by atoms with Crippen molar-refractivity contribution in [3.63, 3.8) is 0 Å². The summed E-state index contributed by atoms with van der Waals surface area (Å²) in [6.07, 6.45) is 0.394. The van der Waals surface area contributed by atoms with E-state index in [9.17, 15) is 9.59 Å². The highest BCUT2D eigenvalue weighted by atomic mass is 16.5. The second-order valence-corrected chi connectivity index (χ2v) is 3.77. The summed E-state index contributed by atoms with van der Waals surface area (Å²) < 4.78 is 4.93. The number of hydrogen-bond acceptors (Lipinski definition) is 4. The van der Waals surface area contributed by atoms with Crippen molar-refractivity contribution in [3.05, 3.63) is 35.9 Å². The van der Waals surface area contributed by atoms with Gasteiger partial charge in [-0.05, 0) is 12.5 Å². The van der Waals surface area contributed by atoms with Crippen LogP contribution in [0.3, 0.4) is 0 Å². The highest BCUT2D eigenvalue weighted by Crippen LogP contribution is 2.04. The molecule has 1 aromatic rings. The molecular weight excluding hydrogens is 232 g/mol. The number of carbonyl (C=O) groups excluding carboxylic acids is 2. The van der Waals surface area contributed by atoms with Crippen LogP contribution in [0.4, 0.5) is 0 Å². The van der Waals surface area contributed by atoms with Crippen LogP contribution in [-0.4, -0.2) is 31.1 Å². The molecule has 98 valence electrons. The summed E-state index contributed by atoms with van der Waals surface area (Å²) >= 11 is 0. The van der Waals surface area contributed by atoms with Gasteiger partial charge in [0.25, 0.3) is 0 Å². The molecule has 0 heterocycles. The number of nitrogens with one attached hydrogen (secondary N) is 1. The van der Waals surface area contributed by atoms with Gasteiger partial charge in [-0.1, -0.05) is 30.3 Å². The number of rotatable bonds is 6. The molecule has 3 N–H and O–H groups in total. The minimum atomic E-state index is -0.691. The number of hydrogen-bond donors (Lipinski definition) is 2. The predicted molar refractivity (Wildman–Crippen MR) is 67.8 cm³/mol. The highest BCUT2D eigenvalue weighted by Gasteiger charge is 2.21. The van der Waals surface area contributed by atoms with Gasteiger partial charge in [0.05, 0.1) is 13.2 Å². The van der Waals surface area contributed by atoms with E-state index in [2.05, 4.69) is 5.32 Å². The molecule has 1 amide bonds. The van der Waals surface area contributed by atoms with Crippen LogP contribution in [0.25, 0.3) is 0 Å². The van der Waals surface area contributed by atoms with Crippen molar-refractivity contribution < 1.29 is 14.3 Å². The molecule has 1 atom stereocenters. The topological polar surface area (TPSA) is 81.4 Å². The molecule has 0 aliphatic carbocycles. The molecule has 0 aliphatic heterocycles. The first-order valence-electron chi connectivity index (χ1n) is 5.87. The maximum Gasteiger partial charge on any atom is 0.328 e. The molecule has 1 aromatic carbocycles. The summed E-state index contributed by atoms with van der Waals surface area (Å²) in [6, 6.07) is 8.73. The van der Waals surface area contributed by atoms with Gasteiger partial charge in [-0.15, -0.1) is 0 Å². The number of carbonyl (C=O) groups is 2. The lowest BCUT2D eigenvalue weighted by molar-refractivity contribution is -0.147. The Hall–Kier alpha value is -1.88. The van der Waals surface area contributed by atoms with E-state index < -0.39 is 12.0 Å². The zero-order valence-electron chi connectivity index (χ0n) is 10.4. The van der Waals surface area contributed by atoms with Crippen molar-refractivity contribution in [2.24, 2.45) is 5.73 Å². The Bertz CT molecular complexity index is 392. The molecule has 0 spiro atoms. The van der Waals surface area contributed by atoms with Crippen LogP contribution in [-0.2, 0) is 20.7 Å². The van der Waals surface area contributed by atoms with Crippen LogP contribution in [0.5, 0.6) is 0 Å². The third kappa shape index (κ3) is 4.55. The lowest BCUT2D eigenvalue weighted by Gasteiger charge is -2.16. The number of benzene rings is 1. The van der Waals surface area contributed by atoms with Gasteiger partial charge < -0.3 is 15.8 Å². The zero-order chi connectivity index (χ0) is 13.4. The molecule has 5 nitrogen and oxygen atoms in total. The fourth-order valence-electron chi connectivity index (χ4n) is 1.54. The smallest absolute Gasteiger partial charge is 0.328 e. The van der Waals surface area contributed by atoms with Crippen molar-refractivity contribution in [1.29, 1.82) is 0 Å². The first-order valence-corrected chi connectivity index (χ1v) is 5.87. The molecule has 18 heavy (non-hydrogen) atoms. The van der Waals surface area contributed by atoms with Crippen LogP contribution in [0.2, 0.25) is 0 Å². The van der Waals surface area contributed by atoms with Crippen molar-refractivity contribution in [2.45, 2.75) is 19.4 Å². The first-order chi connectivity index (χ1) is 8.67. The summed E-state index contributed by atoms with van der Waals surface area (Å²) in [5.74, 6) is -0.813. The van der Waals surface area contributed by atoms with Crippen LogP contribution >= 0.6 is 0 Å². The van der Waals surface area contributed by atoms with Crippen molar-refractivity contribution in [1.82, 2.24) is 5.32 Å². The van der Waals surface area contributed by atoms with Gasteiger partial charge in [0.15, 0.2) is 0 Å². The second-order valence-electron chi connectivity index (χ2n) is 3.77. The maximum absolute atomic E-state index is 11.7. The molecule has 0 unspecified atom stereocenters. The third-order valence-electron chi connectivity index (χ3n) is 2.37. The van der Waals surface area contributed by atoms with Gasteiger partial charge in [0.1, 0.15) is 6.04 Å². The highest BCUT2D eigenvalue weighted by molar-refractivity contribution is 5.85. The fourth-order valence-corrected chi connectivity index (χ4v) is 1.54. The van der Waals surface area contributed by atoms with Gasteiger partial charge in [0.2, 0.25) is 5.91 Å². The largest absolute Gasteiger partial charge is 0.464 e. The lowest BCUT2D eigenvalue weighted by atomic mass is 10.1. The number of nitrogens with two attached hydrogens (primary N) is 1. The monoisotopic (exact) mass is 250 g/mol. The molecule has 0 aromatic heterocycles. The molecule has 0 saturated heterocycles. The Morgan fingerprint density at radius 2 is 2.00 bits per heavy atom. The second kappa shape index (κ2) is 7.45. The Kier molecular flexibility index (Phi) is 5.87. The van der Waals surface area contributed by atoms with Crippen LogP contribution < -0.4 is 11.1 Å². The van der Waals surface area contributed by atoms with Gasteiger partial charge >= 0.3 is 5.97 Å². The molecule has 0 bridgehead atoms. The zero-order valence-corrected chi connectivity index (χ0v) is 10.4. The fraction of sp³-hybridized carbons (Fsp3) is 0.385. The van der Waals surface area contributed by atoms with Gasteiger partial charge in [-0.25, -0.2) is 4.79 Å².